The molecule has 7 heteroatoms. The lowest BCUT2D eigenvalue weighted by molar-refractivity contribution is -0.120. The van der Waals surface area contributed by atoms with E-state index in [2.05, 4.69) is 10.6 Å². The van der Waals surface area contributed by atoms with Gasteiger partial charge in [-0.3, -0.25) is 9.59 Å². The number of ether oxygens (including phenoxy) is 1. The first-order valence-electron chi connectivity index (χ1n) is 5.57. The highest BCUT2D eigenvalue weighted by Gasteiger charge is 2.15. The van der Waals surface area contributed by atoms with Crippen molar-refractivity contribution in [3.05, 3.63) is 26.3 Å². The van der Waals surface area contributed by atoms with E-state index in [9.17, 15) is 9.59 Å². The number of nitrogens with one attached hydrogen (secondary N) is 2. The Balaban J connectivity index is 2.82. The number of amides is 2. The van der Waals surface area contributed by atoms with E-state index in [4.69, 9.17) is 16.3 Å². The molecule has 1 aromatic rings. The Morgan fingerprint density at radius 3 is 2.63 bits per heavy atom. The summed E-state index contributed by atoms with van der Waals surface area (Å²) >= 11 is 8.03. The van der Waals surface area contributed by atoms with E-state index in [0.29, 0.717) is 22.9 Å². The highest BCUT2D eigenvalue weighted by Crippen LogP contribution is 2.28. The van der Waals surface area contributed by atoms with E-state index in [-0.39, 0.29) is 12.5 Å². The lowest BCUT2D eigenvalue weighted by atomic mass is 10.2. The molecule has 104 valence electrons. The second-order valence-corrected chi connectivity index (χ2v) is 5.17. The molecule has 0 radical (unpaired) electrons. The summed E-state index contributed by atoms with van der Waals surface area (Å²) in [6.45, 7) is 2.24. The van der Waals surface area contributed by atoms with Gasteiger partial charge in [0, 0.05) is 10.1 Å². The molecule has 0 unspecified atom stereocenters. The van der Waals surface area contributed by atoms with Gasteiger partial charge in [0.05, 0.1) is 24.2 Å². The predicted molar refractivity (Wildman–Crippen MR) is 81.7 cm³/mol. The SMILES string of the molecule is CCNC(=O)CNC(=O)c1cc(Cl)c(I)cc1OC. The Bertz CT molecular complexity index is 494. The molecule has 1 aromatic carbocycles. The number of carbonyl (C=O) groups excluding carboxylic acids is 2. The lowest BCUT2D eigenvalue weighted by Gasteiger charge is -2.10. The molecular formula is C12H14ClIN2O3. The van der Waals surface area contributed by atoms with Gasteiger partial charge in [0.15, 0.2) is 0 Å². The van der Waals surface area contributed by atoms with Crippen LogP contribution in [0.3, 0.4) is 0 Å². The molecule has 1 rings (SSSR count). The van der Waals surface area contributed by atoms with Crippen LogP contribution in [0.2, 0.25) is 5.02 Å². The van der Waals surface area contributed by atoms with Crippen LogP contribution in [0.5, 0.6) is 5.75 Å². The van der Waals surface area contributed by atoms with Gasteiger partial charge in [0.1, 0.15) is 5.75 Å². The van der Waals surface area contributed by atoms with Crippen molar-refractivity contribution in [2.75, 3.05) is 20.2 Å². The maximum Gasteiger partial charge on any atom is 0.255 e. The van der Waals surface area contributed by atoms with E-state index in [1.807, 2.05) is 29.5 Å². The minimum absolute atomic E-state index is 0.0839. The van der Waals surface area contributed by atoms with Gasteiger partial charge in [-0.25, -0.2) is 0 Å². The molecule has 19 heavy (non-hydrogen) atoms. The Hall–Kier alpha value is -1.02. The molecule has 0 atom stereocenters. The van der Waals surface area contributed by atoms with Gasteiger partial charge < -0.3 is 15.4 Å². The zero-order chi connectivity index (χ0) is 14.4. The van der Waals surface area contributed by atoms with Crippen molar-refractivity contribution in [2.24, 2.45) is 0 Å². The van der Waals surface area contributed by atoms with Gasteiger partial charge in [0.25, 0.3) is 5.91 Å². The molecule has 0 aromatic heterocycles. The Morgan fingerprint density at radius 1 is 1.37 bits per heavy atom. The molecule has 0 aliphatic rings. The number of hydrogen-bond acceptors (Lipinski definition) is 3. The van der Waals surface area contributed by atoms with E-state index >= 15 is 0 Å². The molecule has 0 bridgehead atoms. The van der Waals surface area contributed by atoms with Gasteiger partial charge in [-0.1, -0.05) is 11.6 Å². The van der Waals surface area contributed by atoms with Crippen LogP contribution in [0.4, 0.5) is 0 Å². The summed E-state index contributed by atoms with van der Waals surface area (Å²) in [7, 11) is 1.47. The maximum absolute atomic E-state index is 12.0. The van der Waals surface area contributed by atoms with Crippen LogP contribution in [0.1, 0.15) is 17.3 Å². The summed E-state index contributed by atoms with van der Waals surface area (Å²) in [5.41, 5.74) is 0.303. The molecule has 0 aliphatic heterocycles. The third-order valence-electron chi connectivity index (χ3n) is 2.27. The van der Waals surface area contributed by atoms with Gasteiger partial charge in [-0.05, 0) is 41.6 Å². The van der Waals surface area contributed by atoms with Gasteiger partial charge in [-0.15, -0.1) is 0 Å². The van der Waals surface area contributed by atoms with Crippen molar-refractivity contribution in [2.45, 2.75) is 6.92 Å². The van der Waals surface area contributed by atoms with E-state index in [0.717, 1.165) is 3.57 Å². The number of carbonyl (C=O) groups is 2. The van der Waals surface area contributed by atoms with Crippen molar-refractivity contribution < 1.29 is 14.3 Å². The van der Waals surface area contributed by atoms with Crippen molar-refractivity contribution >= 4 is 46.0 Å². The zero-order valence-electron chi connectivity index (χ0n) is 10.5. The molecule has 5 nitrogen and oxygen atoms in total. The predicted octanol–water partition coefficient (Wildman–Crippen LogP) is 1.82. The zero-order valence-corrected chi connectivity index (χ0v) is 13.5. The third kappa shape index (κ3) is 4.54. The normalized spacial score (nSPS) is 9.89. The molecule has 0 aliphatic carbocycles. The Morgan fingerprint density at radius 2 is 2.05 bits per heavy atom. The van der Waals surface area contributed by atoms with Crippen LogP contribution in [0, 0.1) is 3.57 Å². The smallest absolute Gasteiger partial charge is 0.255 e. The van der Waals surface area contributed by atoms with Crippen molar-refractivity contribution in [3.8, 4) is 5.75 Å². The average Bonchev–Trinajstić information content (AvgIpc) is 2.39. The minimum atomic E-state index is -0.401. The summed E-state index contributed by atoms with van der Waals surface area (Å²) < 4.78 is 5.92. The van der Waals surface area contributed by atoms with Crippen molar-refractivity contribution in [3.63, 3.8) is 0 Å². The first kappa shape index (κ1) is 16.0. The number of methoxy groups -OCH3 is 1. The molecule has 0 saturated heterocycles. The topological polar surface area (TPSA) is 67.4 Å². The number of halogens is 2. The third-order valence-corrected chi connectivity index (χ3v) is 3.79. The monoisotopic (exact) mass is 396 g/mol. The van der Waals surface area contributed by atoms with Gasteiger partial charge >= 0.3 is 0 Å². The van der Waals surface area contributed by atoms with E-state index in [1.165, 1.54) is 13.2 Å². The fraction of sp³-hybridized carbons (Fsp3) is 0.333. The number of benzene rings is 1. The molecule has 0 fully saturated rings. The molecule has 2 amide bonds. The largest absolute Gasteiger partial charge is 0.496 e. The summed E-state index contributed by atoms with van der Waals surface area (Å²) in [5.74, 6) is -0.227. The quantitative estimate of drug-likeness (QED) is 0.746. The van der Waals surface area contributed by atoms with Crippen LogP contribution < -0.4 is 15.4 Å². The Kier molecular flexibility index (Phi) is 6.36. The molecule has 0 heterocycles. The maximum atomic E-state index is 12.0. The second kappa shape index (κ2) is 7.54. The molecule has 0 spiro atoms. The van der Waals surface area contributed by atoms with Crippen molar-refractivity contribution in [1.82, 2.24) is 10.6 Å². The van der Waals surface area contributed by atoms with Crippen LogP contribution in [0.25, 0.3) is 0 Å². The highest BCUT2D eigenvalue weighted by molar-refractivity contribution is 14.1. The highest BCUT2D eigenvalue weighted by atomic mass is 127. The van der Waals surface area contributed by atoms with Gasteiger partial charge in [0.2, 0.25) is 5.91 Å². The molecule has 2 N–H and O–H groups in total. The lowest BCUT2D eigenvalue weighted by Crippen LogP contribution is -2.36. The summed E-state index contributed by atoms with van der Waals surface area (Å²) in [4.78, 5) is 23.2. The van der Waals surface area contributed by atoms with Crippen molar-refractivity contribution in [1.29, 1.82) is 0 Å². The van der Waals surface area contributed by atoms with E-state index in [1.54, 1.807) is 6.07 Å². The fourth-order valence-electron chi connectivity index (χ4n) is 1.39. The number of likely N-dealkylation sites (N-methyl/N-ethyl adjacent to an activating group) is 1. The fourth-order valence-corrected chi connectivity index (χ4v) is 1.99. The van der Waals surface area contributed by atoms with Gasteiger partial charge in [-0.2, -0.15) is 0 Å². The minimum Gasteiger partial charge on any atom is -0.496 e. The van der Waals surface area contributed by atoms with Crippen LogP contribution in [-0.4, -0.2) is 32.0 Å². The number of rotatable bonds is 5. The van der Waals surface area contributed by atoms with Crippen LogP contribution in [0.15, 0.2) is 12.1 Å². The standard InChI is InChI=1S/C12H14ClIN2O3/c1-3-15-11(17)6-16-12(18)7-4-8(13)9(14)5-10(7)19-2/h4-5H,3,6H2,1-2H3,(H,15,17)(H,16,18). The first-order valence-corrected chi connectivity index (χ1v) is 7.03. The summed E-state index contributed by atoms with van der Waals surface area (Å²) in [5, 5.41) is 5.56. The summed E-state index contributed by atoms with van der Waals surface area (Å²) in [6.07, 6.45) is 0. The Labute approximate surface area is 130 Å². The molecule has 0 saturated carbocycles. The van der Waals surface area contributed by atoms with Crippen LogP contribution >= 0.6 is 34.2 Å². The molecular weight excluding hydrogens is 383 g/mol. The first-order chi connectivity index (χ1) is 8.99. The summed E-state index contributed by atoms with van der Waals surface area (Å²) in [6, 6.07) is 3.19. The second-order valence-electron chi connectivity index (χ2n) is 3.60. The van der Waals surface area contributed by atoms with E-state index < -0.39 is 5.91 Å². The number of hydrogen-bond donors (Lipinski definition) is 2. The average molecular weight is 397 g/mol. The van der Waals surface area contributed by atoms with Crippen LogP contribution in [-0.2, 0) is 4.79 Å².